The molecule has 2 heteroatoms. The highest BCUT2D eigenvalue weighted by atomic mass is 16.1. The molecule has 5 aliphatic rings. The van der Waals surface area contributed by atoms with Gasteiger partial charge in [0.25, 0.3) is 0 Å². The molecular weight excluding hydrogens is 392 g/mol. The highest BCUT2D eigenvalue weighted by Crippen LogP contribution is 2.75. The molecular formula is C30H46O2. The van der Waals surface area contributed by atoms with Crippen molar-refractivity contribution in [2.24, 2.45) is 50.2 Å². The molecule has 0 aromatic carbocycles. The van der Waals surface area contributed by atoms with Crippen LogP contribution < -0.4 is 0 Å². The molecule has 0 amide bonds. The molecule has 0 aliphatic heterocycles. The van der Waals surface area contributed by atoms with Crippen molar-refractivity contribution in [1.82, 2.24) is 0 Å². The molecule has 178 valence electrons. The molecule has 5 aliphatic carbocycles. The van der Waals surface area contributed by atoms with Gasteiger partial charge in [-0.1, -0.05) is 53.2 Å². The Hall–Kier alpha value is -0.920. The molecule has 0 saturated heterocycles. The summed E-state index contributed by atoms with van der Waals surface area (Å²) < 4.78 is 0. The Bertz CT molecular complexity index is 908. The Kier molecular flexibility index (Phi) is 4.57. The number of fused-ring (bicyclic) bond motifs is 7. The minimum absolute atomic E-state index is 0.0698. The van der Waals surface area contributed by atoms with Crippen molar-refractivity contribution in [3.63, 3.8) is 0 Å². The Morgan fingerprint density at radius 2 is 1.41 bits per heavy atom. The summed E-state index contributed by atoms with van der Waals surface area (Å²) in [6.07, 6.45) is 12.4. The SMILES string of the molecule is CC1(C)C=C2C3CCC4C5(C)CCC(=O)C(C)(C)C5CCC4(C)C3(C)CCC2(C)CC1=O. The van der Waals surface area contributed by atoms with Gasteiger partial charge in [-0.3, -0.25) is 9.59 Å². The van der Waals surface area contributed by atoms with Gasteiger partial charge in [0.15, 0.2) is 0 Å². The Morgan fingerprint density at radius 3 is 2.09 bits per heavy atom. The number of hydrogen-bond acceptors (Lipinski definition) is 2. The number of carbonyl (C=O) groups is 2. The van der Waals surface area contributed by atoms with E-state index < -0.39 is 0 Å². The van der Waals surface area contributed by atoms with E-state index in [1.54, 1.807) is 5.57 Å². The summed E-state index contributed by atoms with van der Waals surface area (Å²) in [5, 5.41) is 0. The molecule has 7 atom stereocenters. The normalized spacial score (nSPS) is 51.6. The second-order valence-electron chi connectivity index (χ2n) is 14.7. The van der Waals surface area contributed by atoms with E-state index in [9.17, 15) is 9.59 Å². The second-order valence-corrected chi connectivity index (χ2v) is 14.7. The number of carbonyl (C=O) groups excluding carboxylic acids is 2. The van der Waals surface area contributed by atoms with Crippen LogP contribution in [0.15, 0.2) is 11.6 Å². The predicted octanol–water partition coefficient (Wildman–Crippen LogP) is 7.56. The topological polar surface area (TPSA) is 34.1 Å². The maximum atomic E-state index is 12.9. The quantitative estimate of drug-likeness (QED) is 0.366. The summed E-state index contributed by atoms with van der Waals surface area (Å²) in [7, 11) is 0. The van der Waals surface area contributed by atoms with Gasteiger partial charge >= 0.3 is 0 Å². The molecule has 5 rings (SSSR count). The molecule has 0 aromatic rings. The third-order valence-corrected chi connectivity index (χ3v) is 12.7. The fourth-order valence-corrected chi connectivity index (χ4v) is 10.3. The standard InChI is InChI=1S/C30H46O2/c1-25(2)17-20-19-9-10-22-28(6)13-12-23(31)26(3,4)21(28)11-14-30(22,8)29(19,7)16-15-27(20,5)18-24(25)32/h17,19,21-22H,9-16,18H2,1-8H3. The van der Waals surface area contributed by atoms with Gasteiger partial charge in [-0.25, -0.2) is 0 Å². The van der Waals surface area contributed by atoms with Crippen molar-refractivity contribution in [2.75, 3.05) is 0 Å². The monoisotopic (exact) mass is 438 g/mol. The number of rotatable bonds is 0. The van der Waals surface area contributed by atoms with Gasteiger partial charge in [0.2, 0.25) is 0 Å². The Balaban J connectivity index is 1.58. The smallest absolute Gasteiger partial charge is 0.143 e. The summed E-state index contributed by atoms with van der Waals surface area (Å²) in [6, 6.07) is 0. The molecule has 0 bridgehead atoms. The van der Waals surface area contributed by atoms with Crippen LogP contribution in [-0.2, 0) is 9.59 Å². The first-order valence-corrected chi connectivity index (χ1v) is 13.4. The van der Waals surface area contributed by atoms with Gasteiger partial charge in [-0.15, -0.1) is 0 Å². The van der Waals surface area contributed by atoms with Gasteiger partial charge < -0.3 is 0 Å². The van der Waals surface area contributed by atoms with E-state index in [0.717, 1.165) is 25.7 Å². The van der Waals surface area contributed by atoms with Crippen LogP contribution in [0.1, 0.15) is 113 Å². The van der Waals surface area contributed by atoms with Crippen LogP contribution >= 0.6 is 0 Å². The number of hydrogen-bond donors (Lipinski definition) is 0. The van der Waals surface area contributed by atoms with Crippen LogP contribution in [-0.4, -0.2) is 11.6 Å². The van der Waals surface area contributed by atoms with Crippen LogP contribution in [0.2, 0.25) is 0 Å². The summed E-state index contributed by atoms with van der Waals surface area (Å²) in [5.41, 5.74) is 2.08. The third kappa shape index (κ3) is 2.59. The van der Waals surface area contributed by atoms with Crippen LogP contribution in [0.5, 0.6) is 0 Å². The van der Waals surface area contributed by atoms with Crippen LogP contribution in [0.4, 0.5) is 0 Å². The largest absolute Gasteiger partial charge is 0.299 e. The van der Waals surface area contributed by atoms with E-state index >= 15 is 0 Å². The van der Waals surface area contributed by atoms with E-state index in [4.69, 9.17) is 0 Å². The average molecular weight is 439 g/mol. The van der Waals surface area contributed by atoms with E-state index in [2.05, 4.69) is 61.5 Å². The predicted molar refractivity (Wildman–Crippen MR) is 130 cm³/mol. The van der Waals surface area contributed by atoms with Crippen molar-refractivity contribution < 1.29 is 9.59 Å². The average Bonchev–Trinajstić information content (AvgIpc) is 2.68. The first kappa shape index (κ1) is 22.9. The molecule has 7 unspecified atom stereocenters. The zero-order chi connectivity index (χ0) is 23.5. The summed E-state index contributed by atoms with van der Waals surface area (Å²) in [5.74, 6) is 2.75. The lowest BCUT2D eigenvalue weighted by Crippen LogP contribution is -2.65. The molecule has 0 heterocycles. The molecule has 2 nitrogen and oxygen atoms in total. The molecule has 4 fully saturated rings. The molecule has 0 spiro atoms. The third-order valence-electron chi connectivity index (χ3n) is 12.7. The number of Topliss-reactive ketones (excluding diaryl/α,β-unsaturated/α-hetero) is 2. The summed E-state index contributed by atoms with van der Waals surface area (Å²) in [4.78, 5) is 25.8. The van der Waals surface area contributed by atoms with Crippen LogP contribution in [0.3, 0.4) is 0 Å². The highest BCUT2D eigenvalue weighted by molar-refractivity contribution is 5.88. The lowest BCUT2D eigenvalue weighted by Gasteiger charge is -2.72. The molecule has 0 N–H and O–H groups in total. The van der Waals surface area contributed by atoms with Gasteiger partial charge in [0, 0.05) is 23.7 Å². The van der Waals surface area contributed by atoms with E-state index in [0.29, 0.717) is 34.7 Å². The zero-order valence-corrected chi connectivity index (χ0v) is 22.0. The highest BCUT2D eigenvalue weighted by Gasteiger charge is 2.69. The lowest BCUT2D eigenvalue weighted by atomic mass is 9.32. The van der Waals surface area contributed by atoms with Gasteiger partial charge in [-0.2, -0.15) is 0 Å². The Morgan fingerprint density at radius 1 is 0.719 bits per heavy atom. The van der Waals surface area contributed by atoms with Crippen LogP contribution in [0, 0.1) is 50.2 Å². The fourth-order valence-electron chi connectivity index (χ4n) is 10.3. The maximum absolute atomic E-state index is 12.9. The van der Waals surface area contributed by atoms with Crippen molar-refractivity contribution in [3.05, 3.63) is 11.6 Å². The van der Waals surface area contributed by atoms with Gasteiger partial charge in [0.05, 0.1) is 0 Å². The van der Waals surface area contributed by atoms with Crippen molar-refractivity contribution >= 4 is 11.6 Å². The number of ketones is 2. The first-order valence-electron chi connectivity index (χ1n) is 13.4. The van der Waals surface area contributed by atoms with E-state index in [-0.39, 0.29) is 27.1 Å². The number of allylic oxidation sites excluding steroid dienone is 2. The zero-order valence-electron chi connectivity index (χ0n) is 22.0. The Labute approximate surface area is 196 Å². The van der Waals surface area contributed by atoms with Crippen molar-refractivity contribution in [2.45, 2.75) is 113 Å². The fraction of sp³-hybridized carbons (Fsp3) is 0.867. The van der Waals surface area contributed by atoms with Gasteiger partial charge in [0.1, 0.15) is 11.6 Å². The minimum Gasteiger partial charge on any atom is -0.299 e. The van der Waals surface area contributed by atoms with Crippen molar-refractivity contribution in [3.8, 4) is 0 Å². The first-order chi connectivity index (χ1) is 14.6. The van der Waals surface area contributed by atoms with E-state index in [1.165, 1.54) is 32.1 Å². The molecule has 4 saturated carbocycles. The summed E-state index contributed by atoms with van der Waals surface area (Å²) in [6.45, 7) is 19.0. The lowest BCUT2D eigenvalue weighted by molar-refractivity contribution is -0.211. The summed E-state index contributed by atoms with van der Waals surface area (Å²) >= 11 is 0. The van der Waals surface area contributed by atoms with E-state index in [1.807, 2.05) is 0 Å². The molecule has 0 aromatic heterocycles. The van der Waals surface area contributed by atoms with Crippen LogP contribution in [0.25, 0.3) is 0 Å². The minimum atomic E-state index is -0.317. The molecule has 32 heavy (non-hydrogen) atoms. The second kappa shape index (κ2) is 6.39. The molecule has 0 radical (unpaired) electrons. The maximum Gasteiger partial charge on any atom is 0.143 e. The van der Waals surface area contributed by atoms with Gasteiger partial charge in [-0.05, 0) is 98.2 Å². The van der Waals surface area contributed by atoms with Crippen molar-refractivity contribution in [1.29, 1.82) is 0 Å².